The number of nitrogens with zero attached hydrogens (tertiary/aromatic N) is 2. The fourth-order valence-electron chi connectivity index (χ4n) is 3.20. The van der Waals surface area contributed by atoms with Crippen molar-refractivity contribution in [1.82, 2.24) is 14.5 Å². The summed E-state index contributed by atoms with van der Waals surface area (Å²) in [4.78, 5) is 2.84. The Kier molecular flexibility index (Phi) is 5.85. The van der Waals surface area contributed by atoms with E-state index in [1.807, 2.05) is 19.1 Å². The summed E-state index contributed by atoms with van der Waals surface area (Å²) in [5, 5.41) is 3.34. The molecule has 0 bridgehead atoms. The predicted molar refractivity (Wildman–Crippen MR) is 90.0 cm³/mol. The zero-order valence-electron chi connectivity index (χ0n) is 12.9. The topological polar surface area (TPSA) is 52.7 Å². The Balaban J connectivity index is 0.00000176. The minimum absolute atomic E-state index is 0. The van der Waals surface area contributed by atoms with Gasteiger partial charge in [0.15, 0.2) is 0 Å². The number of benzene rings is 1. The zero-order valence-corrected chi connectivity index (χ0v) is 14.5. The maximum atomic E-state index is 12.7. The molecule has 2 aliphatic rings. The highest BCUT2D eigenvalue weighted by Crippen LogP contribution is 2.24. The van der Waals surface area contributed by atoms with E-state index in [2.05, 4.69) is 10.2 Å². The molecular formula is C15H24ClN3O2S. The minimum Gasteiger partial charge on any atom is -0.314 e. The van der Waals surface area contributed by atoms with Crippen molar-refractivity contribution in [3.8, 4) is 0 Å². The molecule has 2 fully saturated rings. The van der Waals surface area contributed by atoms with E-state index >= 15 is 0 Å². The van der Waals surface area contributed by atoms with Crippen LogP contribution in [0.2, 0.25) is 0 Å². The summed E-state index contributed by atoms with van der Waals surface area (Å²) in [6.07, 6.45) is 0.936. The van der Waals surface area contributed by atoms with Crippen LogP contribution in [0.4, 0.5) is 0 Å². The second kappa shape index (κ2) is 7.27. The number of piperazine rings is 1. The summed E-state index contributed by atoms with van der Waals surface area (Å²) in [5.41, 5.74) is 0.980. The van der Waals surface area contributed by atoms with Crippen molar-refractivity contribution in [2.24, 2.45) is 0 Å². The molecule has 0 spiro atoms. The molecule has 2 saturated heterocycles. The number of hydrogen-bond acceptors (Lipinski definition) is 4. The van der Waals surface area contributed by atoms with Crippen molar-refractivity contribution < 1.29 is 8.42 Å². The number of rotatable bonds is 3. The maximum absolute atomic E-state index is 12.7. The fourth-order valence-corrected chi connectivity index (χ4v) is 4.80. The lowest BCUT2D eigenvalue weighted by Gasteiger charge is -2.32. The molecule has 5 nitrogen and oxygen atoms in total. The van der Waals surface area contributed by atoms with Gasteiger partial charge in [0.05, 0.1) is 4.90 Å². The minimum atomic E-state index is -3.34. The van der Waals surface area contributed by atoms with Crippen LogP contribution < -0.4 is 5.32 Å². The fraction of sp³-hybridized carbons (Fsp3) is 0.600. The van der Waals surface area contributed by atoms with E-state index in [1.165, 1.54) is 0 Å². The van der Waals surface area contributed by atoms with Crippen molar-refractivity contribution in [1.29, 1.82) is 0 Å². The molecule has 1 aromatic carbocycles. The van der Waals surface area contributed by atoms with E-state index in [0.29, 0.717) is 24.0 Å². The molecule has 0 radical (unpaired) electrons. The van der Waals surface area contributed by atoms with Gasteiger partial charge in [-0.3, -0.25) is 4.90 Å². The van der Waals surface area contributed by atoms with Gasteiger partial charge in [0.25, 0.3) is 0 Å². The van der Waals surface area contributed by atoms with E-state index in [1.54, 1.807) is 16.4 Å². The Bertz CT molecular complexity index is 603. The monoisotopic (exact) mass is 345 g/mol. The summed E-state index contributed by atoms with van der Waals surface area (Å²) < 4.78 is 27.1. The third-order valence-corrected chi connectivity index (χ3v) is 6.28. The van der Waals surface area contributed by atoms with Crippen molar-refractivity contribution in [3.63, 3.8) is 0 Å². The van der Waals surface area contributed by atoms with E-state index < -0.39 is 10.0 Å². The summed E-state index contributed by atoms with van der Waals surface area (Å²) in [5.74, 6) is 0. The Labute approximate surface area is 139 Å². The van der Waals surface area contributed by atoms with Gasteiger partial charge in [-0.15, -0.1) is 12.4 Å². The van der Waals surface area contributed by atoms with Gasteiger partial charge in [0, 0.05) is 45.3 Å². The molecule has 1 N–H and O–H groups in total. The van der Waals surface area contributed by atoms with Crippen LogP contribution in [-0.4, -0.2) is 62.9 Å². The molecule has 0 aromatic heterocycles. The first-order chi connectivity index (χ1) is 10.1. The number of sulfonamides is 1. The van der Waals surface area contributed by atoms with Gasteiger partial charge in [0.1, 0.15) is 0 Å². The molecule has 1 atom stereocenters. The van der Waals surface area contributed by atoms with Gasteiger partial charge < -0.3 is 5.32 Å². The Morgan fingerprint density at radius 1 is 1.18 bits per heavy atom. The molecule has 0 aliphatic carbocycles. The molecule has 0 amide bonds. The van der Waals surface area contributed by atoms with Crippen molar-refractivity contribution in [2.45, 2.75) is 24.3 Å². The van der Waals surface area contributed by atoms with Crippen molar-refractivity contribution in [3.05, 3.63) is 29.8 Å². The van der Waals surface area contributed by atoms with Crippen LogP contribution in [0.3, 0.4) is 0 Å². The highest BCUT2D eigenvalue weighted by molar-refractivity contribution is 7.89. The van der Waals surface area contributed by atoms with Gasteiger partial charge >= 0.3 is 0 Å². The number of nitrogens with one attached hydrogen (secondary N) is 1. The lowest BCUT2D eigenvalue weighted by atomic mass is 10.2. The van der Waals surface area contributed by atoms with Gasteiger partial charge in [0.2, 0.25) is 10.0 Å². The lowest BCUT2D eigenvalue weighted by molar-refractivity contribution is 0.179. The molecule has 7 heteroatoms. The van der Waals surface area contributed by atoms with Gasteiger partial charge in [-0.2, -0.15) is 4.31 Å². The Hall–Kier alpha value is -0.660. The number of halogens is 1. The van der Waals surface area contributed by atoms with Crippen molar-refractivity contribution >= 4 is 22.4 Å². The third kappa shape index (κ3) is 3.63. The third-order valence-electron chi connectivity index (χ3n) is 4.42. The number of aryl methyl sites for hydroxylation is 1. The predicted octanol–water partition coefficient (Wildman–Crippen LogP) is 1.09. The first-order valence-corrected chi connectivity index (χ1v) is 9.03. The summed E-state index contributed by atoms with van der Waals surface area (Å²) >= 11 is 0. The average molecular weight is 346 g/mol. The molecule has 0 saturated carbocycles. The molecule has 3 rings (SSSR count). The van der Waals surface area contributed by atoms with Gasteiger partial charge in [-0.1, -0.05) is 12.1 Å². The second-order valence-corrected chi connectivity index (χ2v) is 7.85. The van der Waals surface area contributed by atoms with E-state index in [-0.39, 0.29) is 12.4 Å². The highest BCUT2D eigenvalue weighted by Gasteiger charge is 2.35. The van der Waals surface area contributed by atoms with E-state index in [4.69, 9.17) is 0 Å². The number of hydrogen-bond donors (Lipinski definition) is 1. The van der Waals surface area contributed by atoms with Crippen LogP contribution in [0.5, 0.6) is 0 Å². The van der Waals surface area contributed by atoms with Crippen molar-refractivity contribution in [2.75, 3.05) is 39.3 Å². The molecule has 2 heterocycles. The van der Waals surface area contributed by atoms with Crippen LogP contribution in [0.1, 0.15) is 12.0 Å². The first kappa shape index (κ1) is 17.7. The van der Waals surface area contributed by atoms with Crippen LogP contribution in [0, 0.1) is 6.92 Å². The molecular weight excluding hydrogens is 322 g/mol. The van der Waals surface area contributed by atoms with Crippen LogP contribution in [-0.2, 0) is 10.0 Å². The van der Waals surface area contributed by atoms with Crippen LogP contribution >= 0.6 is 12.4 Å². The summed E-state index contributed by atoms with van der Waals surface area (Å²) in [7, 11) is -3.34. The Morgan fingerprint density at radius 3 is 2.59 bits per heavy atom. The maximum Gasteiger partial charge on any atom is 0.243 e. The normalized spacial score (nSPS) is 24.1. The molecule has 1 unspecified atom stereocenters. The van der Waals surface area contributed by atoms with Crippen LogP contribution in [0.25, 0.3) is 0 Å². The SMILES string of the molecule is Cc1cccc(S(=O)(=O)N2CCC(N3CCNCC3)C2)c1.Cl. The van der Waals surface area contributed by atoms with E-state index in [0.717, 1.165) is 38.2 Å². The molecule has 1 aromatic rings. The zero-order chi connectivity index (χ0) is 14.9. The molecule has 124 valence electrons. The summed E-state index contributed by atoms with van der Waals surface area (Å²) in [6, 6.07) is 7.55. The first-order valence-electron chi connectivity index (χ1n) is 7.59. The highest BCUT2D eigenvalue weighted by atomic mass is 35.5. The average Bonchev–Trinajstić information content (AvgIpc) is 2.99. The smallest absolute Gasteiger partial charge is 0.243 e. The van der Waals surface area contributed by atoms with Gasteiger partial charge in [-0.25, -0.2) is 8.42 Å². The molecule has 2 aliphatic heterocycles. The second-order valence-electron chi connectivity index (χ2n) is 5.91. The lowest BCUT2D eigenvalue weighted by Crippen LogP contribution is -2.49. The van der Waals surface area contributed by atoms with Gasteiger partial charge in [-0.05, 0) is 31.0 Å². The Morgan fingerprint density at radius 2 is 1.91 bits per heavy atom. The standard InChI is InChI=1S/C15H23N3O2S.ClH/c1-13-3-2-4-15(11-13)21(19,20)18-8-5-14(12-18)17-9-6-16-7-10-17;/h2-4,11,14,16H,5-10,12H2,1H3;1H. The molecule has 22 heavy (non-hydrogen) atoms. The quantitative estimate of drug-likeness (QED) is 0.891. The van der Waals surface area contributed by atoms with E-state index in [9.17, 15) is 8.42 Å². The largest absolute Gasteiger partial charge is 0.314 e. The summed E-state index contributed by atoms with van der Waals surface area (Å²) in [6.45, 7) is 7.21. The van der Waals surface area contributed by atoms with Crippen LogP contribution in [0.15, 0.2) is 29.2 Å².